The molecule has 1 heterocycles. The number of rotatable bonds is 6. The first-order valence-electron chi connectivity index (χ1n) is 7.41. The third kappa shape index (κ3) is 4.58. The summed E-state index contributed by atoms with van der Waals surface area (Å²) in [5.74, 6) is 0.977. The Morgan fingerprint density at radius 1 is 1.30 bits per heavy atom. The van der Waals surface area contributed by atoms with E-state index in [9.17, 15) is 4.79 Å². The van der Waals surface area contributed by atoms with E-state index in [2.05, 4.69) is 16.5 Å². The number of aryl methyl sites for hydroxylation is 4. The largest absolute Gasteiger partial charge is 0.484 e. The molecule has 120 valence electrons. The Morgan fingerprint density at radius 3 is 2.78 bits per heavy atom. The summed E-state index contributed by atoms with van der Waals surface area (Å²) in [6, 6.07) is 9.55. The fraction of sp³-hybridized carbons (Fsp3) is 0.353. The Kier molecular flexibility index (Phi) is 5.36. The molecule has 0 saturated heterocycles. The van der Waals surface area contributed by atoms with Gasteiger partial charge in [0.15, 0.2) is 6.61 Å². The first-order chi connectivity index (χ1) is 11.0. The number of nitrogens with zero attached hydrogens (tertiary/aromatic N) is 3. The minimum Gasteiger partial charge on any atom is -0.484 e. The number of nitriles is 1. The van der Waals surface area contributed by atoms with Gasteiger partial charge in [0.1, 0.15) is 11.6 Å². The molecule has 0 fully saturated rings. The molecule has 0 radical (unpaired) electrons. The highest BCUT2D eigenvalue weighted by atomic mass is 16.5. The fourth-order valence-electron chi connectivity index (χ4n) is 2.10. The summed E-state index contributed by atoms with van der Waals surface area (Å²) in [6.45, 7) is 6.22. The Balaban J connectivity index is 1.94. The Bertz CT molecular complexity index is 744. The highest BCUT2D eigenvalue weighted by Gasteiger charge is 2.10. The molecule has 0 atom stereocenters. The molecule has 0 bridgehead atoms. The third-order valence-corrected chi connectivity index (χ3v) is 3.45. The fourth-order valence-corrected chi connectivity index (χ4v) is 2.10. The molecule has 2 aromatic rings. The quantitative estimate of drug-likeness (QED) is 0.889. The van der Waals surface area contributed by atoms with Crippen LogP contribution in [0.25, 0.3) is 0 Å². The standard InChI is InChI=1S/C17H20N4O2/c1-12-5-6-15(9-13(12)2)23-11-17(22)19-16-10-14(3)20-21(16)8-4-7-18/h5-6,9-10H,4,8,11H2,1-3H3,(H,19,22). The number of benzene rings is 1. The van der Waals surface area contributed by atoms with Crippen LogP contribution in [0.3, 0.4) is 0 Å². The van der Waals surface area contributed by atoms with Crippen molar-refractivity contribution in [2.75, 3.05) is 11.9 Å². The molecule has 0 unspecified atom stereocenters. The van der Waals surface area contributed by atoms with Crippen molar-refractivity contribution in [3.05, 3.63) is 41.1 Å². The van der Waals surface area contributed by atoms with Crippen LogP contribution in [-0.2, 0) is 11.3 Å². The Labute approximate surface area is 135 Å². The predicted molar refractivity (Wildman–Crippen MR) is 87.2 cm³/mol. The molecule has 0 aliphatic carbocycles. The van der Waals surface area contributed by atoms with E-state index >= 15 is 0 Å². The van der Waals surface area contributed by atoms with Gasteiger partial charge in [-0.25, -0.2) is 4.68 Å². The van der Waals surface area contributed by atoms with Gasteiger partial charge in [-0.2, -0.15) is 10.4 Å². The molecule has 6 heteroatoms. The maximum Gasteiger partial charge on any atom is 0.263 e. The van der Waals surface area contributed by atoms with E-state index in [0.29, 0.717) is 24.5 Å². The maximum absolute atomic E-state index is 12.0. The lowest BCUT2D eigenvalue weighted by atomic mass is 10.1. The van der Waals surface area contributed by atoms with Gasteiger partial charge in [0, 0.05) is 6.07 Å². The highest BCUT2D eigenvalue weighted by Crippen LogP contribution is 2.16. The number of nitrogens with one attached hydrogen (secondary N) is 1. The number of carbonyl (C=O) groups is 1. The Morgan fingerprint density at radius 2 is 2.09 bits per heavy atom. The molecular weight excluding hydrogens is 292 g/mol. The van der Waals surface area contributed by atoms with Crippen molar-refractivity contribution < 1.29 is 9.53 Å². The minimum atomic E-state index is -0.263. The van der Waals surface area contributed by atoms with E-state index in [1.165, 1.54) is 5.56 Å². The van der Waals surface area contributed by atoms with Gasteiger partial charge in [0.2, 0.25) is 0 Å². The van der Waals surface area contributed by atoms with Crippen molar-refractivity contribution in [3.8, 4) is 11.8 Å². The molecule has 23 heavy (non-hydrogen) atoms. The van der Waals surface area contributed by atoms with Gasteiger partial charge in [-0.15, -0.1) is 0 Å². The second kappa shape index (κ2) is 7.45. The van der Waals surface area contributed by atoms with Crippen molar-refractivity contribution in [2.24, 2.45) is 0 Å². The van der Waals surface area contributed by atoms with Crippen molar-refractivity contribution >= 4 is 11.7 Å². The average molecular weight is 312 g/mol. The zero-order chi connectivity index (χ0) is 16.8. The van der Waals surface area contributed by atoms with Crippen LogP contribution in [0, 0.1) is 32.1 Å². The van der Waals surface area contributed by atoms with Gasteiger partial charge in [0.05, 0.1) is 24.7 Å². The SMILES string of the molecule is Cc1cc(NC(=O)COc2ccc(C)c(C)c2)n(CCC#N)n1. The summed E-state index contributed by atoms with van der Waals surface area (Å²) in [7, 11) is 0. The first kappa shape index (κ1) is 16.6. The number of amides is 1. The van der Waals surface area contributed by atoms with Crippen molar-refractivity contribution in [1.82, 2.24) is 9.78 Å². The molecule has 0 saturated carbocycles. The lowest BCUT2D eigenvalue weighted by Crippen LogP contribution is -2.22. The lowest BCUT2D eigenvalue weighted by Gasteiger charge is -2.10. The van der Waals surface area contributed by atoms with Gasteiger partial charge in [-0.3, -0.25) is 4.79 Å². The van der Waals surface area contributed by atoms with E-state index in [-0.39, 0.29) is 12.5 Å². The molecule has 0 spiro atoms. The predicted octanol–water partition coefficient (Wildman–Crippen LogP) is 2.74. The smallest absolute Gasteiger partial charge is 0.263 e. The van der Waals surface area contributed by atoms with Gasteiger partial charge < -0.3 is 10.1 Å². The van der Waals surface area contributed by atoms with Crippen LogP contribution in [0.1, 0.15) is 23.2 Å². The molecule has 1 N–H and O–H groups in total. The zero-order valence-corrected chi connectivity index (χ0v) is 13.6. The van der Waals surface area contributed by atoms with Crippen LogP contribution in [0.2, 0.25) is 0 Å². The first-order valence-corrected chi connectivity index (χ1v) is 7.41. The summed E-state index contributed by atoms with van der Waals surface area (Å²) in [5.41, 5.74) is 3.08. The number of hydrogen-bond donors (Lipinski definition) is 1. The molecule has 1 aromatic carbocycles. The number of ether oxygens (including phenoxy) is 1. The van der Waals surface area contributed by atoms with Crippen LogP contribution >= 0.6 is 0 Å². The highest BCUT2D eigenvalue weighted by molar-refractivity contribution is 5.91. The number of anilines is 1. The summed E-state index contributed by atoms with van der Waals surface area (Å²) in [4.78, 5) is 12.0. The summed E-state index contributed by atoms with van der Waals surface area (Å²) in [6.07, 6.45) is 0.336. The third-order valence-electron chi connectivity index (χ3n) is 3.45. The molecule has 6 nitrogen and oxygen atoms in total. The van der Waals surface area contributed by atoms with Crippen LogP contribution in [0.5, 0.6) is 5.75 Å². The molecular formula is C17H20N4O2. The van der Waals surface area contributed by atoms with Crippen molar-refractivity contribution in [2.45, 2.75) is 33.7 Å². The van der Waals surface area contributed by atoms with Crippen LogP contribution in [-0.4, -0.2) is 22.3 Å². The monoisotopic (exact) mass is 312 g/mol. The minimum absolute atomic E-state index is 0.0784. The van der Waals surface area contributed by atoms with Gasteiger partial charge in [-0.05, 0) is 44.0 Å². The van der Waals surface area contributed by atoms with E-state index in [4.69, 9.17) is 10.00 Å². The normalized spacial score (nSPS) is 10.2. The lowest BCUT2D eigenvalue weighted by molar-refractivity contribution is -0.118. The van der Waals surface area contributed by atoms with Crippen LogP contribution in [0.4, 0.5) is 5.82 Å². The van der Waals surface area contributed by atoms with E-state index in [1.54, 1.807) is 10.7 Å². The molecule has 0 aliphatic heterocycles. The zero-order valence-electron chi connectivity index (χ0n) is 13.6. The number of aromatic nitrogens is 2. The average Bonchev–Trinajstić information content (AvgIpc) is 2.86. The molecule has 1 aromatic heterocycles. The van der Waals surface area contributed by atoms with Crippen LogP contribution < -0.4 is 10.1 Å². The number of carbonyl (C=O) groups excluding carboxylic acids is 1. The van der Waals surface area contributed by atoms with E-state index in [1.807, 2.05) is 39.0 Å². The van der Waals surface area contributed by atoms with Gasteiger partial charge in [-0.1, -0.05) is 6.07 Å². The molecule has 0 aliphatic rings. The molecule has 1 amide bonds. The maximum atomic E-state index is 12.0. The topological polar surface area (TPSA) is 79.9 Å². The summed E-state index contributed by atoms with van der Waals surface area (Å²) >= 11 is 0. The second-order valence-electron chi connectivity index (χ2n) is 5.39. The van der Waals surface area contributed by atoms with Gasteiger partial charge in [0.25, 0.3) is 5.91 Å². The summed E-state index contributed by atoms with van der Waals surface area (Å²) in [5, 5.41) is 15.7. The number of hydrogen-bond acceptors (Lipinski definition) is 4. The van der Waals surface area contributed by atoms with E-state index < -0.39 is 0 Å². The second-order valence-corrected chi connectivity index (χ2v) is 5.39. The summed E-state index contributed by atoms with van der Waals surface area (Å²) < 4.78 is 7.13. The van der Waals surface area contributed by atoms with Crippen molar-refractivity contribution in [1.29, 1.82) is 5.26 Å². The molecule has 2 rings (SSSR count). The Hall–Kier alpha value is -2.81. The van der Waals surface area contributed by atoms with Crippen molar-refractivity contribution in [3.63, 3.8) is 0 Å². The van der Waals surface area contributed by atoms with E-state index in [0.717, 1.165) is 11.3 Å². The van der Waals surface area contributed by atoms with Gasteiger partial charge >= 0.3 is 0 Å². The van der Waals surface area contributed by atoms with Crippen LogP contribution in [0.15, 0.2) is 24.3 Å².